The number of rotatable bonds is 2. The van der Waals surface area contributed by atoms with Gasteiger partial charge in [0.1, 0.15) is 5.82 Å². The molecule has 0 saturated heterocycles. The molecular formula is C14H7ClF2N2O. The highest BCUT2D eigenvalue weighted by molar-refractivity contribution is 6.34. The van der Waals surface area contributed by atoms with Crippen molar-refractivity contribution in [2.24, 2.45) is 0 Å². The Bertz CT molecular complexity index is 685. The minimum atomic E-state index is -0.961. The van der Waals surface area contributed by atoms with E-state index in [1.807, 2.05) is 6.07 Å². The highest BCUT2D eigenvalue weighted by atomic mass is 35.5. The topological polar surface area (TPSA) is 52.9 Å². The SMILES string of the molecule is N#Cc1ccc(C(=O)Nc2c(F)cc(F)cc2Cl)cc1. The van der Waals surface area contributed by atoms with Gasteiger partial charge in [0, 0.05) is 11.6 Å². The van der Waals surface area contributed by atoms with E-state index in [0.29, 0.717) is 11.6 Å². The lowest BCUT2D eigenvalue weighted by atomic mass is 10.1. The average Bonchev–Trinajstić information content (AvgIpc) is 2.42. The van der Waals surface area contributed by atoms with Crippen LogP contribution in [0.5, 0.6) is 0 Å². The van der Waals surface area contributed by atoms with E-state index >= 15 is 0 Å². The lowest BCUT2D eigenvalue weighted by Gasteiger charge is -2.08. The molecule has 0 aromatic heterocycles. The minimum Gasteiger partial charge on any atom is -0.318 e. The van der Waals surface area contributed by atoms with E-state index in [0.717, 1.165) is 6.07 Å². The maximum absolute atomic E-state index is 13.5. The van der Waals surface area contributed by atoms with Crippen molar-refractivity contribution in [3.05, 3.63) is 64.2 Å². The van der Waals surface area contributed by atoms with E-state index in [1.54, 1.807) is 0 Å². The zero-order valence-corrected chi connectivity index (χ0v) is 10.7. The first-order chi connectivity index (χ1) is 9.51. The fourth-order valence-electron chi connectivity index (χ4n) is 1.54. The summed E-state index contributed by atoms with van der Waals surface area (Å²) < 4.78 is 26.4. The van der Waals surface area contributed by atoms with Gasteiger partial charge in [-0.3, -0.25) is 4.79 Å². The van der Waals surface area contributed by atoms with Gasteiger partial charge in [0.05, 0.1) is 22.3 Å². The molecule has 1 N–H and O–H groups in total. The second-order valence-electron chi connectivity index (χ2n) is 3.89. The molecule has 0 aliphatic heterocycles. The van der Waals surface area contributed by atoms with Crippen LogP contribution in [0, 0.1) is 23.0 Å². The molecule has 0 atom stereocenters. The van der Waals surface area contributed by atoms with Crippen molar-refractivity contribution >= 4 is 23.2 Å². The molecule has 20 heavy (non-hydrogen) atoms. The van der Waals surface area contributed by atoms with Crippen molar-refractivity contribution in [3.63, 3.8) is 0 Å². The van der Waals surface area contributed by atoms with Crippen molar-refractivity contribution in [3.8, 4) is 6.07 Å². The molecule has 0 unspecified atom stereocenters. The van der Waals surface area contributed by atoms with Crippen molar-refractivity contribution in [1.82, 2.24) is 0 Å². The van der Waals surface area contributed by atoms with E-state index in [9.17, 15) is 13.6 Å². The molecule has 0 aliphatic carbocycles. The van der Waals surface area contributed by atoms with Crippen LogP contribution in [0.1, 0.15) is 15.9 Å². The van der Waals surface area contributed by atoms with Gasteiger partial charge in [-0.2, -0.15) is 5.26 Å². The molecule has 0 bridgehead atoms. The average molecular weight is 293 g/mol. The number of carbonyl (C=O) groups excluding carboxylic acids is 1. The third-order valence-electron chi connectivity index (χ3n) is 2.52. The van der Waals surface area contributed by atoms with Gasteiger partial charge < -0.3 is 5.32 Å². The Labute approximate surface area is 118 Å². The molecule has 3 nitrogen and oxygen atoms in total. The predicted molar refractivity (Wildman–Crippen MR) is 70.5 cm³/mol. The largest absolute Gasteiger partial charge is 0.318 e. The van der Waals surface area contributed by atoms with E-state index in [4.69, 9.17) is 16.9 Å². The first kappa shape index (κ1) is 14.0. The van der Waals surface area contributed by atoms with E-state index in [1.165, 1.54) is 24.3 Å². The molecule has 0 spiro atoms. The quantitative estimate of drug-likeness (QED) is 0.916. The Hall–Kier alpha value is -2.45. The summed E-state index contributed by atoms with van der Waals surface area (Å²) in [6.45, 7) is 0. The van der Waals surface area contributed by atoms with Gasteiger partial charge in [0.2, 0.25) is 0 Å². The van der Waals surface area contributed by atoms with E-state index in [2.05, 4.69) is 5.32 Å². The molecule has 0 saturated carbocycles. The summed E-state index contributed by atoms with van der Waals surface area (Å²) in [6, 6.07) is 9.19. The molecule has 2 aromatic rings. The molecule has 1 amide bonds. The number of carbonyl (C=O) groups is 1. The summed E-state index contributed by atoms with van der Waals surface area (Å²) in [7, 11) is 0. The molecule has 0 aliphatic rings. The molecule has 2 aromatic carbocycles. The van der Waals surface area contributed by atoms with Gasteiger partial charge >= 0.3 is 0 Å². The van der Waals surface area contributed by atoms with Crippen LogP contribution >= 0.6 is 11.6 Å². The molecule has 0 fully saturated rings. The normalized spacial score (nSPS) is 9.90. The van der Waals surface area contributed by atoms with Crippen LogP contribution in [0.3, 0.4) is 0 Å². The van der Waals surface area contributed by atoms with Gasteiger partial charge in [0.15, 0.2) is 5.82 Å². The first-order valence-electron chi connectivity index (χ1n) is 5.47. The minimum absolute atomic E-state index is 0.226. The number of nitriles is 1. The number of amides is 1. The zero-order valence-electron chi connectivity index (χ0n) is 9.95. The van der Waals surface area contributed by atoms with Gasteiger partial charge in [-0.05, 0) is 30.3 Å². The van der Waals surface area contributed by atoms with Crippen LogP contribution in [-0.2, 0) is 0 Å². The fraction of sp³-hybridized carbons (Fsp3) is 0. The van der Waals surface area contributed by atoms with Crippen LogP contribution in [-0.4, -0.2) is 5.91 Å². The lowest BCUT2D eigenvalue weighted by molar-refractivity contribution is 0.102. The van der Waals surface area contributed by atoms with Crippen LogP contribution < -0.4 is 5.32 Å². The zero-order chi connectivity index (χ0) is 14.7. The van der Waals surface area contributed by atoms with Crippen LogP contribution in [0.4, 0.5) is 14.5 Å². The summed E-state index contributed by atoms with van der Waals surface area (Å²) in [4.78, 5) is 11.9. The van der Waals surface area contributed by atoms with Crippen molar-refractivity contribution in [2.45, 2.75) is 0 Å². The molecule has 0 heterocycles. The van der Waals surface area contributed by atoms with Crippen LogP contribution in [0.2, 0.25) is 5.02 Å². The highest BCUT2D eigenvalue weighted by Crippen LogP contribution is 2.26. The van der Waals surface area contributed by atoms with Gasteiger partial charge in [-0.25, -0.2) is 8.78 Å². The summed E-state index contributed by atoms with van der Waals surface area (Å²) in [5, 5.41) is 10.7. The maximum atomic E-state index is 13.5. The van der Waals surface area contributed by atoms with Crippen molar-refractivity contribution in [1.29, 1.82) is 5.26 Å². The number of nitrogens with zero attached hydrogens (tertiary/aromatic N) is 1. The number of nitrogens with one attached hydrogen (secondary N) is 1. The van der Waals surface area contributed by atoms with Crippen molar-refractivity contribution < 1.29 is 13.6 Å². The van der Waals surface area contributed by atoms with E-state index in [-0.39, 0.29) is 16.3 Å². The Morgan fingerprint density at radius 2 is 1.85 bits per heavy atom. The van der Waals surface area contributed by atoms with Crippen molar-refractivity contribution in [2.75, 3.05) is 5.32 Å². The summed E-state index contributed by atoms with van der Waals surface area (Å²) in [6.07, 6.45) is 0. The molecular weight excluding hydrogens is 286 g/mol. The van der Waals surface area contributed by atoms with Crippen LogP contribution in [0.15, 0.2) is 36.4 Å². The first-order valence-corrected chi connectivity index (χ1v) is 5.85. The smallest absolute Gasteiger partial charge is 0.255 e. The number of benzene rings is 2. The summed E-state index contributed by atoms with van der Waals surface area (Å²) in [5.41, 5.74) is 0.332. The Morgan fingerprint density at radius 3 is 2.40 bits per heavy atom. The predicted octanol–water partition coefficient (Wildman–Crippen LogP) is 3.74. The van der Waals surface area contributed by atoms with Gasteiger partial charge in [-0.1, -0.05) is 11.6 Å². The van der Waals surface area contributed by atoms with Gasteiger partial charge in [-0.15, -0.1) is 0 Å². The number of hydrogen-bond acceptors (Lipinski definition) is 2. The third kappa shape index (κ3) is 2.92. The highest BCUT2D eigenvalue weighted by Gasteiger charge is 2.14. The fourth-order valence-corrected chi connectivity index (χ4v) is 1.79. The second kappa shape index (κ2) is 5.68. The summed E-state index contributed by atoms with van der Waals surface area (Å²) in [5.74, 6) is -2.40. The Balaban J connectivity index is 2.26. The standard InChI is InChI=1S/C14H7ClF2N2O/c15-11-5-10(16)6-12(17)13(11)19-14(20)9-3-1-8(7-18)2-4-9/h1-6H,(H,19,20). The molecule has 100 valence electrons. The lowest BCUT2D eigenvalue weighted by Crippen LogP contribution is -2.13. The number of hydrogen-bond donors (Lipinski definition) is 1. The monoisotopic (exact) mass is 292 g/mol. The third-order valence-corrected chi connectivity index (χ3v) is 2.82. The Morgan fingerprint density at radius 1 is 1.20 bits per heavy atom. The van der Waals surface area contributed by atoms with E-state index < -0.39 is 17.5 Å². The second-order valence-corrected chi connectivity index (χ2v) is 4.29. The Kier molecular flexibility index (Phi) is 3.97. The number of anilines is 1. The molecule has 2 rings (SSSR count). The van der Waals surface area contributed by atoms with Crippen LogP contribution in [0.25, 0.3) is 0 Å². The van der Waals surface area contributed by atoms with Gasteiger partial charge in [0.25, 0.3) is 5.91 Å². The number of halogens is 3. The summed E-state index contributed by atoms with van der Waals surface area (Å²) >= 11 is 5.68. The maximum Gasteiger partial charge on any atom is 0.255 e. The molecule has 0 radical (unpaired) electrons. The molecule has 6 heteroatoms.